The third-order valence-corrected chi connectivity index (χ3v) is 4.32. The number of carbonyl (C=O) groups excluding carboxylic acids is 1. The highest BCUT2D eigenvalue weighted by Gasteiger charge is 2.11. The molecule has 0 unspecified atom stereocenters. The Hall–Kier alpha value is -2.66. The van der Waals surface area contributed by atoms with Crippen molar-refractivity contribution < 1.29 is 10.0 Å². The van der Waals surface area contributed by atoms with E-state index in [1.165, 1.54) is 0 Å². The number of imidazole rings is 1. The van der Waals surface area contributed by atoms with Crippen molar-refractivity contribution in [3.63, 3.8) is 0 Å². The fourth-order valence-electron chi connectivity index (χ4n) is 3.09. The molecule has 25 heavy (non-hydrogen) atoms. The second-order valence-corrected chi connectivity index (χ2v) is 6.14. The number of aryl methyl sites for hydroxylation is 1. The van der Waals surface area contributed by atoms with Crippen LogP contribution in [0, 0.1) is 0 Å². The molecule has 0 bridgehead atoms. The van der Waals surface area contributed by atoms with E-state index >= 15 is 0 Å². The minimum Gasteiger partial charge on any atom is -0.296 e. The lowest BCUT2D eigenvalue weighted by atomic mass is 10.1. The van der Waals surface area contributed by atoms with Crippen LogP contribution < -0.4 is 5.48 Å². The number of carbonyl (C=O) groups is 1. The summed E-state index contributed by atoms with van der Waals surface area (Å²) < 4.78 is 2.23. The first-order valence-electron chi connectivity index (χ1n) is 8.74. The highest BCUT2D eigenvalue weighted by Crippen LogP contribution is 2.22. The predicted molar refractivity (Wildman–Crippen MR) is 97.8 cm³/mol. The molecule has 1 amide bonds. The summed E-state index contributed by atoms with van der Waals surface area (Å²) in [7, 11) is 0. The van der Waals surface area contributed by atoms with Crippen molar-refractivity contribution in [2.45, 2.75) is 38.5 Å². The smallest absolute Gasteiger partial charge is 0.243 e. The highest BCUT2D eigenvalue weighted by molar-refractivity contribution is 5.78. The van der Waals surface area contributed by atoms with E-state index < -0.39 is 0 Å². The predicted octanol–water partition coefficient (Wildman–Crippen LogP) is 4.02. The van der Waals surface area contributed by atoms with Gasteiger partial charge in [-0.3, -0.25) is 14.6 Å². The topological polar surface area (TPSA) is 67.2 Å². The van der Waals surface area contributed by atoms with Crippen molar-refractivity contribution in [2.24, 2.45) is 0 Å². The lowest BCUT2D eigenvalue weighted by molar-refractivity contribution is -0.129. The number of para-hydroxylation sites is 3. The third-order valence-electron chi connectivity index (χ3n) is 4.32. The largest absolute Gasteiger partial charge is 0.296 e. The molecule has 0 aliphatic carbocycles. The minimum atomic E-state index is -0.314. The number of hydroxylamine groups is 1. The van der Waals surface area contributed by atoms with Gasteiger partial charge in [-0.05, 0) is 37.1 Å². The van der Waals surface area contributed by atoms with Crippen LogP contribution in [-0.2, 0) is 11.2 Å². The first-order chi connectivity index (χ1) is 12.3. The summed E-state index contributed by atoms with van der Waals surface area (Å²) in [6, 6.07) is 18.5. The zero-order valence-electron chi connectivity index (χ0n) is 14.2. The molecule has 2 N–H and O–H groups in total. The van der Waals surface area contributed by atoms with Gasteiger partial charge in [0.15, 0.2) is 0 Å². The number of hydrogen-bond acceptors (Lipinski definition) is 3. The maximum absolute atomic E-state index is 11.0. The highest BCUT2D eigenvalue weighted by atomic mass is 16.5. The maximum Gasteiger partial charge on any atom is 0.243 e. The molecule has 5 heteroatoms. The van der Waals surface area contributed by atoms with Crippen molar-refractivity contribution in [1.82, 2.24) is 15.0 Å². The summed E-state index contributed by atoms with van der Waals surface area (Å²) in [5, 5.41) is 8.48. The molecule has 2 aromatic carbocycles. The fraction of sp³-hybridized carbons (Fsp3) is 0.300. The molecule has 0 aliphatic heterocycles. The quantitative estimate of drug-likeness (QED) is 0.370. The van der Waals surface area contributed by atoms with Gasteiger partial charge in [0.1, 0.15) is 5.82 Å². The first kappa shape index (κ1) is 17.2. The van der Waals surface area contributed by atoms with E-state index in [1.807, 2.05) is 36.4 Å². The van der Waals surface area contributed by atoms with Gasteiger partial charge in [-0.2, -0.15) is 0 Å². The fourth-order valence-corrected chi connectivity index (χ4v) is 3.09. The molecule has 130 valence electrons. The van der Waals surface area contributed by atoms with Crippen LogP contribution in [-0.4, -0.2) is 20.7 Å². The SMILES string of the molecule is O=C(CCCCCCc1nc2ccccc2n1-c1ccccc1)NO. The van der Waals surface area contributed by atoms with Crippen LogP contribution in [0.25, 0.3) is 16.7 Å². The number of aromatic nitrogens is 2. The summed E-state index contributed by atoms with van der Waals surface area (Å²) in [5.74, 6) is 0.756. The molecule has 3 aromatic rings. The number of amides is 1. The van der Waals surface area contributed by atoms with Gasteiger partial charge >= 0.3 is 0 Å². The van der Waals surface area contributed by atoms with Crippen LogP contribution in [0.5, 0.6) is 0 Å². The Morgan fingerprint density at radius 3 is 2.48 bits per heavy atom. The molecule has 1 aromatic heterocycles. The number of unbranched alkanes of at least 4 members (excludes halogenated alkanes) is 3. The molecule has 0 atom stereocenters. The normalized spacial score (nSPS) is 10.9. The number of fused-ring (bicyclic) bond motifs is 1. The van der Waals surface area contributed by atoms with E-state index in [0.717, 1.165) is 54.6 Å². The molecule has 0 radical (unpaired) electrons. The van der Waals surface area contributed by atoms with Crippen molar-refractivity contribution in [3.8, 4) is 5.69 Å². The van der Waals surface area contributed by atoms with Crippen molar-refractivity contribution in [2.75, 3.05) is 0 Å². The van der Waals surface area contributed by atoms with Gasteiger partial charge in [-0.25, -0.2) is 10.5 Å². The number of benzene rings is 2. The van der Waals surface area contributed by atoms with Gasteiger partial charge in [0.05, 0.1) is 11.0 Å². The summed E-state index contributed by atoms with van der Waals surface area (Å²) in [4.78, 5) is 15.8. The summed E-state index contributed by atoms with van der Waals surface area (Å²) in [6.07, 6.45) is 5.10. The second kappa shape index (κ2) is 8.44. The third kappa shape index (κ3) is 4.25. The molecule has 0 aliphatic rings. The number of nitrogens with zero attached hydrogens (tertiary/aromatic N) is 2. The molecule has 0 fully saturated rings. The Morgan fingerprint density at radius 1 is 0.960 bits per heavy atom. The molecule has 0 saturated heterocycles. The number of rotatable bonds is 8. The van der Waals surface area contributed by atoms with Crippen LogP contribution in [0.2, 0.25) is 0 Å². The monoisotopic (exact) mass is 337 g/mol. The molecule has 5 nitrogen and oxygen atoms in total. The molecular weight excluding hydrogens is 314 g/mol. The minimum absolute atomic E-state index is 0.314. The molecular formula is C20H23N3O2. The Labute approximate surface area is 147 Å². The number of hydrogen-bond donors (Lipinski definition) is 2. The van der Waals surface area contributed by atoms with Gasteiger partial charge in [0.25, 0.3) is 0 Å². The van der Waals surface area contributed by atoms with Crippen LogP contribution in [0.1, 0.15) is 37.9 Å². The zero-order valence-corrected chi connectivity index (χ0v) is 14.2. The van der Waals surface area contributed by atoms with Crippen molar-refractivity contribution in [1.29, 1.82) is 0 Å². The molecule has 0 spiro atoms. The van der Waals surface area contributed by atoms with Gasteiger partial charge in [-0.1, -0.05) is 43.2 Å². The summed E-state index contributed by atoms with van der Waals surface area (Å²) in [5.41, 5.74) is 4.94. The van der Waals surface area contributed by atoms with Gasteiger partial charge < -0.3 is 0 Å². The van der Waals surface area contributed by atoms with Crippen LogP contribution in [0.3, 0.4) is 0 Å². The summed E-state index contributed by atoms with van der Waals surface area (Å²) in [6.45, 7) is 0. The van der Waals surface area contributed by atoms with E-state index in [9.17, 15) is 4.79 Å². The average molecular weight is 337 g/mol. The molecule has 3 rings (SSSR count). The lowest BCUT2D eigenvalue weighted by Gasteiger charge is -2.09. The van der Waals surface area contributed by atoms with Crippen LogP contribution in [0.4, 0.5) is 0 Å². The van der Waals surface area contributed by atoms with Crippen molar-refractivity contribution >= 4 is 16.9 Å². The van der Waals surface area contributed by atoms with E-state index in [1.54, 1.807) is 5.48 Å². The van der Waals surface area contributed by atoms with E-state index in [0.29, 0.717) is 6.42 Å². The van der Waals surface area contributed by atoms with Crippen LogP contribution in [0.15, 0.2) is 54.6 Å². The van der Waals surface area contributed by atoms with Gasteiger partial charge in [-0.15, -0.1) is 0 Å². The zero-order chi connectivity index (χ0) is 17.5. The lowest BCUT2D eigenvalue weighted by Crippen LogP contribution is -2.17. The Kier molecular flexibility index (Phi) is 5.80. The summed E-state index contributed by atoms with van der Waals surface area (Å²) >= 11 is 0. The van der Waals surface area contributed by atoms with Gasteiger partial charge in [0.2, 0.25) is 5.91 Å². The maximum atomic E-state index is 11.0. The average Bonchev–Trinajstić information content (AvgIpc) is 3.03. The van der Waals surface area contributed by atoms with E-state index in [4.69, 9.17) is 10.2 Å². The number of nitrogens with one attached hydrogen (secondary N) is 1. The first-order valence-corrected chi connectivity index (χ1v) is 8.74. The molecule has 0 saturated carbocycles. The second-order valence-electron chi connectivity index (χ2n) is 6.14. The standard InChI is InChI=1S/C20H23N3O2/c24-20(22-25)15-7-2-1-6-14-19-21-17-12-8-9-13-18(17)23(19)16-10-4-3-5-11-16/h3-5,8-13,25H,1-2,6-7,14-15H2,(H,22,24). The van der Waals surface area contributed by atoms with E-state index in [2.05, 4.69) is 22.8 Å². The Balaban J connectivity index is 1.68. The molecule has 1 heterocycles. The Bertz CT molecular complexity index is 827. The Morgan fingerprint density at radius 2 is 1.68 bits per heavy atom. The van der Waals surface area contributed by atoms with Crippen LogP contribution >= 0.6 is 0 Å². The van der Waals surface area contributed by atoms with Crippen molar-refractivity contribution in [3.05, 3.63) is 60.4 Å². The van der Waals surface area contributed by atoms with E-state index in [-0.39, 0.29) is 5.91 Å². The van der Waals surface area contributed by atoms with Gasteiger partial charge in [0, 0.05) is 18.5 Å².